The smallest absolute Gasteiger partial charge is 0.272 e. The lowest BCUT2D eigenvalue weighted by Gasteiger charge is -1.95. The number of nitrogens with zero attached hydrogens (tertiary/aromatic N) is 2. The second kappa shape index (κ2) is 2.49. The van der Waals surface area contributed by atoms with Gasteiger partial charge in [0.2, 0.25) is 0 Å². The first-order valence-electron chi connectivity index (χ1n) is 3.82. The van der Waals surface area contributed by atoms with Crippen molar-refractivity contribution in [2.24, 2.45) is 7.05 Å². The second-order valence-electron chi connectivity index (χ2n) is 2.81. The van der Waals surface area contributed by atoms with Crippen molar-refractivity contribution >= 4 is 10.9 Å². The van der Waals surface area contributed by atoms with Crippen LogP contribution >= 0.6 is 0 Å². The predicted octanol–water partition coefficient (Wildman–Crippen LogP) is 0.738. The van der Waals surface area contributed by atoms with E-state index < -0.39 is 0 Å². The molecule has 0 unspecified atom stereocenters. The molecule has 0 saturated heterocycles. The molecule has 0 bridgehead atoms. The summed E-state index contributed by atoms with van der Waals surface area (Å²) >= 11 is 0. The highest BCUT2D eigenvalue weighted by Gasteiger charge is 2.07. The van der Waals surface area contributed by atoms with E-state index in [2.05, 4.69) is 5.10 Å². The highest BCUT2D eigenvalue weighted by molar-refractivity contribution is 5.83. The van der Waals surface area contributed by atoms with Gasteiger partial charge in [0.05, 0.1) is 16.5 Å². The molecule has 2 aromatic rings. The van der Waals surface area contributed by atoms with E-state index in [4.69, 9.17) is 5.26 Å². The number of aromatic nitrogens is 2. The molecule has 4 nitrogen and oxygen atoms in total. The second-order valence-corrected chi connectivity index (χ2v) is 2.81. The largest absolute Gasteiger partial charge is 0.286 e. The SMILES string of the molecule is Cn1[nH]c(=O)c2cccc(C#N)c21. The highest BCUT2D eigenvalue weighted by atomic mass is 16.1. The first-order chi connectivity index (χ1) is 6.24. The van der Waals surface area contributed by atoms with Crippen LogP contribution in [0.2, 0.25) is 0 Å². The summed E-state index contributed by atoms with van der Waals surface area (Å²) in [4.78, 5) is 11.3. The minimum atomic E-state index is -0.158. The number of nitriles is 1. The number of H-pyrrole nitrogens is 1. The molecule has 1 aromatic heterocycles. The van der Waals surface area contributed by atoms with Crippen LogP contribution in [0.15, 0.2) is 23.0 Å². The summed E-state index contributed by atoms with van der Waals surface area (Å²) in [7, 11) is 1.71. The zero-order valence-electron chi connectivity index (χ0n) is 7.03. The molecular formula is C9H7N3O. The maximum absolute atomic E-state index is 11.3. The molecule has 0 atom stereocenters. The van der Waals surface area contributed by atoms with E-state index in [-0.39, 0.29) is 5.56 Å². The lowest BCUT2D eigenvalue weighted by Crippen LogP contribution is -2.01. The molecule has 1 aromatic carbocycles. The molecule has 0 aliphatic carbocycles. The van der Waals surface area contributed by atoms with Crippen molar-refractivity contribution in [3.05, 3.63) is 34.1 Å². The van der Waals surface area contributed by atoms with Gasteiger partial charge in [0.15, 0.2) is 0 Å². The molecule has 0 saturated carbocycles. The van der Waals surface area contributed by atoms with Crippen molar-refractivity contribution in [2.45, 2.75) is 0 Å². The fourth-order valence-electron chi connectivity index (χ4n) is 1.45. The van der Waals surface area contributed by atoms with E-state index >= 15 is 0 Å². The van der Waals surface area contributed by atoms with Crippen molar-refractivity contribution in [3.8, 4) is 6.07 Å². The number of hydrogen-bond donors (Lipinski definition) is 1. The van der Waals surface area contributed by atoms with E-state index in [0.29, 0.717) is 16.5 Å². The molecule has 0 fully saturated rings. The first-order valence-corrected chi connectivity index (χ1v) is 3.82. The van der Waals surface area contributed by atoms with E-state index in [9.17, 15) is 4.79 Å². The maximum Gasteiger partial charge on any atom is 0.272 e. The minimum Gasteiger partial charge on any atom is -0.286 e. The number of para-hydroxylation sites is 1. The molecule has 2 rings (SSSR count). The number of hydrogen-bond acceptors (Lipinski definition) is 2. The Morgan fingerprint density at radius 2 is 2.31 bits per heavy atom. The molecule has 4 heteroatoms. The Balaban J connectivity index is 3.08. The van der Waals surface area contributed by atoms with E-state index in [0.717, 1.165) is 0 Å². The van der Waals surface area contributed by atoms with E-state index in [1.165, 1.54) is 0 Å². The van der Waals surface area contributed by atoms with Crippen LogP contribution in [0, 0.1) is 11.3 Å². The van der Waals surface area contributed by atoms with Gasteiger partial charge in [-0.2, -0.15) is 5.26 Å². The summed E-state index contributed by atoms with van der Waals surface area (Å²) < 4.78 is 1.57. The van der Waals surface area contributed by atoms with Gasteiger partial charge in [0.25, 0.3) is 5.56 Å². The van der Waals surface area contributed by atoms with Gasteiger partial charge in [-0.05, 0) is 12.1 Å². The van der Waals surface area contributed by atoms with Crippen molar-refractivity contribution < 1.29 is 0 Å². The van der Waals surface area contributed by atoms with Gasteiger partial charge >= 0.3 is 0 Å². The van der Waals surface area contributed by atoms with Gasteiger partial charge in [0.1, 0.15) is 6.07 Å². The van der Waals surface area contributed by atoms with Crippen LogP contribution in [-0.2, 0) is 7.05 Å². The normalized spacial score (nSPS) is 10.2. The lowest BCUT2D eigenvalue weighted by atomic mass is 10.1. The Hall–Kier alpha value is -2.02. The summed E-state index contributed by atoms with van der Waals surface area (Å²) in [5, 5.41) is 11.9. The van der Waals surface area contributed by atoms with Gasteiger partial charge in [-0.1, -0.05) is 6.07 Å². The van der Waals surface area contributed by atoms with Crippen LogP contribution in [0.1, 0.15) is 5.56 Å². The quantitative estimate of drug-likeness (QED) is 0.638. The molecule has 1 N–H and O–H groups in total. The van der Waals surface area contributed by atoms with Crippen molar-refractivity contribution in [3.63, 3.8) is 0 Å². The Morgan fingerprint density at radius 1 is 1.54 bits per heavy atom. The molecule has 0 spiro atoms. The molecule has 13 heavy (non-hydrogen) atoms. The van der Waals surface area contributed by atoms with Crippen LogP contribution in [0.4, 0.5) is 0 Å². The van der Waals surface area contributed by atoms with Crippen LogP contribution in [0.3, 0.4) is 0 Å². The summed E-state index contributed by atoms with van der Waals surface area (Å²) in [5.74, 6) is 0. The molecule has 0 aliphatic rings. The van der Waals surface area contributed by atoms with Crippen LogP contribution in [-0.4, -0.2) is 9.78 Å². The highest BCUT2D eigenvalue weighted by Crippen LogP contribution is 2.12. The Labute approximate surface area is 74.0 Å². The summed E-state index contributed by atoms with van der Waals surface area (Å²) in [6.45, 7) is 0. The molecule has 64 valence electrons. The number of fused-ring (bicyclic) bond motifs is 1. The Kier molecular flexibility index (Phi) is 1.46. The molecule has 0 aliphatic heterocycles. The summed E-state index contributed by atoms with van der Waals surface area (Å²) in [5.41, 5.74) is 1.02. The van der Waals surface area contributed by atoms with Gasteiger partial charge < -0.3 is 0 Å². The number of rotatable bonds is 0. The third kappa shape index (κ3) is 0.942. The van der Waals surface area contributed by atoms with Crippen LogP contribution in [0.5, 0.6) is 0 Å². The van der Waals surface area contributed by atoms with E-state index in [1.54, 1.807) is 29.9 Å². The average Bonchev–Trinajstić information content (AvgIpc) is 2.43. The number of aryl methyl sites for hydroxylation is 1. The summed E-state index contributed by atoms with van der Waals surface area (Å²) in [6, 6.07) is 7.14. The monoisotopic (exact) mass is 173 g/mol. The van der Waals surface area contributed by atoms with Crippen LogP contribution < -0.4 is 5.56 Å². The van der Waals surface area contributed by atoms with Crippen molar-refractivity contribution in [1.29, 1.82) is 5.26 Å². The fourth-order valence-corrected chi connectivity index (χ4v) is 1.45. The zero-order chi connectivity index (χ0) is 9.42. The van der Waals surface area contributed by atoms with Crippen molar-refractivity contribution in [1.82, 2.24) is 9.78 Å². The van der Waals surface area contributed by atoms with E-state index in [1.807, 2.05) is 6.07 Å². The number of benzene rings is 1. The van der Waals surface area contributed by atoms with Crippen LogP contribution in [0.25, 0.3) is 10.9 Å². The zero-order valence-corrected chi connectivity index (χ0v) is 7.03. The van der Waals surface area contributed by atoms with Gasteiger partial charge in [-0.3, -0.25) is 14.6 Å². The maximum atomic E-state index is 11.3. The van der Waals surface area contributed by atoms with Gasteiger partial charge in [-0.25, -0.2) is 0 Å². The van der Waals surface area contributed by atoms with Crippen molar-refractivity contribution in [2.75, 3.05) is 0 Å². The lowest BCUT2D eigenvalue weighted by molar-refractivity contribution is 0.783. The fraction of sp³-hybridized carbons (Fsp3) is 0.111. The van der Waals surface area contributed by atoms with Gasteiger partial charge in [-0.15, -0.1) is 0 Å². The third-order valence-corrected chi connectivity index (χ3v) is 2.01. The molecular weight excluding hydrogens is 166 g/mol. The molecule has 0 radical (unpaired) electrons. The average molecular weight is 173 g/mol. The standard InChI is InChI=1S/C9H7N3O/c1-12-8-6(5-10)3-2-4-7(8)9(13)11-12/h2-4H,1H3,(H,11,13). The number of aromatic amines is 1. The number of nitrogens with one attached hydrogen (secondary N) is 1. The first kappa shape index (κ1) is 7.62. The third-order valence-electron chi connectivity index (χ3n) is 2.01. The Morgan fingerprint density at radius 3 is 3.00 bits per heavy atom. The molecule has 1 heterocycles. The predicted molar refractivity (Wildman–Crippen MR) is 48.3 cm³/mol. The topological polar surface area (TPSA) is 61.6 Å². The van der Waals surface area contributed by atoms with Gasteiger partial charge in [0, 0.05) is 7.05 Å². The summed E-state index contributed by atoms with van der Waals surface area (Å²) in [6.07, 6.45) is 0. The molecule has 0 amide bonds. The Bertz CT molecular complexity index is 556. The minimum absolute atomic E-state index is 0.158.